The second-order valence-electron chi connectivity index (χ2n) is 5.75. The monoisotopic (exact) mass is 319 g/mol. The van der Waals surface area contributed by atoms with Crippen molar-refractivity contribution in [2.24, 2.45) is 5.73 Å². The van der Waals surface area contributed by atoms with Crippen LogP contribution in [0.1, 0.15) is 42.1 Å². The number of halogens is 1. The van der Waals surface area contributed by atoms with Gasteiger partial charge in [0.2, 0.25) is 5.91 Å². The molecule has 6 heteroatoms. The van der Waals surface area contributed by atoms with Crippen LogP contribution in [0, 0.1) is 5.82 Å². The van der Waals surface area contributed by atoms with Crippen LogP contribution in [0.4, 0.5) is 4.39 Å². The molecule has 1 fully saturated rings. The smallest absolute Gasteiger partial charge is 0.226 e. The van der Waals surface area contributed by atoms with Crippen molar-refractivity contribution >= 4 is 17.2 Å². The first-order chi connectivity index (χ1) is 10.5. The van der Waals surface area contributed by atoms with Crippen molar-refractivity contribution in [1.82, 2.24) is 10.3 Å². The average Bonchev–Trinajstić information content (AvgIpc) is 3.07. The zero-order valence-corrected chi connectivity index (χ0v) is 13.1. The fraction of sp³-hybridized carbons (Fsp3) is 0.375. The fourth-order valence-corrected chi connectivity index (χ4v) is 3.30. The van der Waals surface area contributed by atoms with Gasteiger partial charge in [-0.3, -0.25) is 4.79 Å². The van der Waals surface area contributed by atoms with Crippen LogP contribution in [0.15, 0.2) is 29.6 Å². The van der Waals surface area contributed by atoms with Crippen LogP contribution >= 0.6 is 11.3 Å². The summed E-state index contributed by atoms with van der Waals surface area (Å²) in [4.78, 5) is 16.6. The van der Waals surface area contributed by atoms with E-state index in [1.807, 2.05) is 12.3 Å². The van der Waals surface area contributed by atoms with E-state index < -0.39 is 5.54 Å². The molecule has 116 valence electrons. The van der Waals surface area contributed by atoms with Crippen LogP contribution in [-0.2, 0) is 16.8 Å². The van der Waals surface area contributed by atoms with E-state index >= 15 is 0 Å². The summed E-state index contributed by atoms with van der Waals surface area (Å²) in [5, 5.41) is 5.63. The predicted molar refractivity (Wildman–Crippen MR) is 83.9 cm³/mol. The van der Waals surface area contributed by atoms with Crippen molar-refractivity contribution in [3.8, 4) is 0 Å². The standard InChI is InChI=1S/C16H18FN3OS/c1-10(18)15-19-11(9-22-15)8-14(21)20-16(6-7-16)12-4-2-3-5-13(12)17/h2-5,9-10H,6-8,18H2,1H3,(H,20,21). The first-order valence-electron chi connectivity index (χ1n) is 7.26. The molecule has 22 heavy (non-hydrogen) atoms. The van der Waals surface area contributed by atoms with E-state index in [4.69, 9.17) is 5.73 Å². The number of aromatic nitrogens is 1. The van der Waals surface area contributed by atoms with Gasteiger partial charge in [0.15, 0.2) is 0 Å². The lowest BCUT2D eigenvalue weighted by Gasteiger charge is -2.18. The number of carbonyl (C=O) groups excluding carboxylic acids is 1. The van der Waals surface area contributed by atoms with Gasteiger partial charge in [-0.25, -0.2) is 9.37 Å². The summed E-state index contributed by atoms with van der Waals surface area (Å²) in [5.41, 5.74) is 6.50. The molecule has 1 saturated carbocycles. The molecule has 1 aromatic carbocycles. The van der Waals surface area contributed by atoms with E-state index in [2.05, 4.69) is 10.3 Å². The largest absolute Gasteiger partial charge is 0.346 e. The van der Waals surface area contributed by atoms with Crippen molar-refractivity contribution in [2.45, 2.75) is 37.8 Å². The van der Waals surface area contributed by atoms with Gasteiger partial charge in [-0.2, -0.15) is 0 Å². The summed E-state index contributed by atoms with van der Waals surface area (Å²) >= 11 is 1.46. The number of rotatable bonds is 5. The van der Waals surface area contributed by atoms with Crippen LogP contribution in [0.5, 0.6) is 0 Å². The molecule has 0 spiro atoms. The Hall–Kier alpha value is -1.79. The molecule has 1 atom stereocenters. The molecule has 0 aliphatic heterocycles. The number of thiazole rings is 1. The first kappa shape index (κ1) is 15.1. The van der Waals surface area contributed by atoms with Crippen molar-refractivity contribution < 1.29 is 9.18 Å². The molecule has 3 rings (SSSR count). The summed E-state index contributed by atoms with van der Waals surface area (Å²) in [5.74, 6) is -0.407. The molecular formula is C16H18FN3OS. The van der Waals surface area contributed by atoms with E-state index in [0.29, 0.717) is 11.3 Å². The minimum atomic E-state index is -0.539. The molecule has 2 aromatic rings. The van der Waals surface area contributed by atoms with Gasteiger partial charge in [0.1, 0.15) is 10.8 Å². The Bertz CT molecular complexity index is 694. The number of benzene rings is 1. The Morgan fingerprint density at radius 1 is 1.50 bits per heavy atom. The van der Waals surface area contributed by atoms with E-state index in [-0.39, 0.29) is 24.2 Å². The van der Waals surface area contributed by atoms with Gasteiger partial charge in [-0.05, 0) is 25.8 Å². The third-order valence-electron chi connectivity index (χ3n) is 3.82. The molecule has 4 nitrogen and oxygen atoms in total. The molecule has 1 aromatic heterocycles. The van der Waals surface area contributed by atoms with Gasteiger partial charge in [0, 0.05) is 10.9 Å². The van der Waals surface area contributed by atoms with Gasteiger partial charge >= 0.3 is 0 Å². The summed E-state index contributed by atoms with van der Waals surface area (Å²) < 4.78 is 13.9. The Morgan fingerprint density at radius 3 is 2.82 bits per heavy atom. The summed E-state index contributed by atoms with van der Waals surface area (Å²) in [6.45, 7) is 1.86. The van der Waals surface area contributed by atoms with Crippen molar-refractivity contribution in [3.63, 3.8) is 0 Å². The van der Waals surface area contributed by atoms with Crippen LogP contribution in [0.2, 0.25) is 0 Å². The lowest BCUT2D eigenvalue weighted by atomic mass is 10.0. The summed E-state index contributed by atoms with van der Waals surface area (Å²) in [6, 6.07) is 6.48. The SMILES string of the molecule is CC(N)c1nc(CC(=O)NC2(c3ccccc3F)CC2)cs1. The normalized spacial score (nSPS) is 17.0. The molecule has 1 aliphatic carbocycles. The molecule has 1 aliphatic rings. The van der Waals surface area contributed by atoms with E-state index in [1.54, 1.807) is 18.2 Å². The number of carbonyl (C=O) groups is 1. The summed E-state index contributed by atoms with van der Waals surface area (Å²) in [7, 11) is 0. The molecule has 1 heterocycles. The molecule has 0 bridgehead atoms. The van der Waals surface area contributed by atoms with Gasteiger partial charge in [0.05, 0.1) is 23.7 Å². The van der Waals surface area contributed by atoms with E-state index in [0.717, 1.165) is 17.8 Å². The highest BCUT2D eigenvalue weighted by Gasteiger charge is 2.47. The maximum atomic E-state index is 13.9. The topological polar surface area (TPSA) is 68.0 Å². The zero-order chi connectivity index (χ0) is 15.7. The van der Waals surface area contributed by atoms with Gasteiger partial charge in [-0.1, -0.05) is 18.2 Å². The van der Waals surface area contributed by atoms with Crippen LogP contribution in [0.25, 0.3) is 0 Å². The highest BCUT2D eigenvalue weighted by atomic mass is 32.1. The number of nitrogens with zero attached hydrogens (tertiary/aromatic N) is 1. The maximum Gasteiger partial charge on any atom is 0.226 e. The van der Waals surface area contributed by atoms with Crippen molar-refractivity contribution in [1.29, 1.82) is 0 Å². The van der Waals surface area contributed by atoms with Gasteiger partial charge < -0.3 is 11.1 Å². The number of nitrogens with one attached hydrogen (secondary N) is 1. The first-order valence-corrected chi connectivity index (χ1v) is 8.14. The maximum absolute atomic E-state index is 13.9. The lowest BCUT2D eigenvalue weighted by molar-refractivity contribution is -0.121. The molecule has 0 radical (unpaired) electrons. The second kappa shape index (κ2) is 5.78. The van der Waals surface area contributed by atoms with Crippen LogP contribution in [-0.4, -0.2) is 10.9 Å². The number of hydrogen-bond acceptors (Lipinski definition) is 4. The predicted octanol–water partition coefficient (Wildman–Crippen LogP) is 2.65. The Balaban J connectivity index is 1.68. The number of amides is 1. The highest BCUT2D eigenvalue weighted by Crippen LogP contribution is 2.46. The summed E-state index contributed by atoms with van der Waals surface area (Å²) in [6.07, 6.45) is 1.73. The molecule has 0 saturated heterocycles. The third kappa shape index (κ3) is 3.03. The lowest BCUT2D eigenvalue weighted by Crippen LogP contribution is -2.36. The minimum absolute atomic E-state index is 0.130. The van der Waals surface area contributed by atoms with E-state index in [9.17, 15) is 9.18 Å². The van der Waals surface area contributed by atoms with E-state index in [1.165, 1.54) is 17.4 Å². The average molecular weight is 319 g/mol. The Morgan fingerprint density at radius 2 is 2.23 bits per heavy atom. The fourth-order valence-electron chi connectivity index (χ4n) is 2.52. The number of hydrogen-bond donors (Lipinski definition) is 2. The van der Waals surface area contributed by atoms with Crippen molar-refractivity contribution in [3.05, 3.63) is 51.7 Å². The van der Waals surface area contributed by atoms with Gasteiger partial charge in [0.25, 0.3) is 0 Å². The highest BCUT2D eigenvalue weighted by molar-refractivity contribution is 7.09. The van der Waals surface area contributed by atoms with Crippen LogP contribution in [0.3, 0.4) is 0 Å². The quantitative estimate of drug-likeness (QED) is 0.890. The molecule has 1 amide bonds. The van der Waals surface area contributed by atoms with Crippen molar-refractivity contribution in [2.75, 3.05) is 0 Å². The van der Waals surface area contributed by atoms with Crippen LogP contribution < -0.4 is 11.1 Å². The van der Waals surface area contributed by atoms with Gasteiger partial charge in [-0.15, -0.1) is 11.3 Å². The number of nitrogens with two attached hydrogens (primary N) is 1. The Labute approximate surface area is 132 Å². The Kier molecular flexibility index (Phi) is 3.97. The molecular weight excluding hydrogens is 301 g/mol. The molecule has 3 N–H and O–H groups in total. The minimum Gasteiger partial charge on any atom is -0.346 e. The third-order valence-corrected chi connectivity index (χ3v) is 4.91. The zero-order valence-electron chi connectivity index (χ0n) is 12.3. The molecule has 1 unspecified atom stereocenters. The second-order valence-corrected chi connectivity index (χ2v) is 6.64.